The first-order valence-corrected chi connectivity index (χ1v) is 6.18. The van der Waals surface area contributed by atoms with Gasteiger partial charge in [0.1, 0.15) is 16.6 Å². The molecule has 1 N–H and O–H groups in total. The third kappa shape index (κ3) is 3.32. The fourth-order valence-electron chi connectivity index (χ4n) is 1.42. The Hall–Kier alpha value is -1.88. The molecular formula is C13H13ClFN3O. The van der Waals surface area contributed by atoms with Gasteiger partial charge < -0.3 is 10.1 Å². The molecule has 19 heavy (non-hydrogen) atoms. The maximum Gasteiger partial charge on any atom is 0.243 e. The molecule has 0 aliphatic rings. The number of aryl methyl sites for hydroxylation is 1. The van der Waals surface area contributed by atoms with Crippen LogP contribution in [0.2, 0.25) is 5.02 Å². The first-order chi connectivity index (χ1) is 9.10. The molecule has 2 aromatic rings. The van der Waals surface area contributed by atoms with E-state index in [2.05, 4.69) is 15.3 Å². The average molecular weight is 282 g/mol. The highest BCUT2D eigenvalue weighted by molar-refractivity contribution is 6.31. The first kappa shape index (κ1) is 13.5. The van der Waals surface area contributed by atoms with E-state index >= 15 is 0 Å². The number of nitrogens with zero attached hydrogens (tertiary/aromatic N) is 2. The average Bonchev–Trinajstić information content (AvgIpc) is 2.38. The Morgan fingerprint density at radius 1 is 1.42 bits per heavy atom. The summed E-state index contributed by atoms with van der Waals surface area (Å²) < 4.78 is 18.9. The largest absolute Gasteiger partial charge is 0.437 e. The normalized spacial score (nSPS) is 10.3. The third-order valence-corrected chi connectivity index (χ3v) is 2.66. The van der Waals surface area contributed by atoms with Gasteiger partial charge in [-0.15, -0.1) is 0 Å². The van der Waals surface area contributed by atoms with Crippen LogP contribution >= 0.6 is 11.6 Å². The second-order valence-electron chi connectivity index (χ2n) is 3.89. The van der Waals surface area contributed by atoms with Gasteiger partial charge in [0, 0.05) is 12.6 Å². The molecule has 100 valence electrons. The van der Waals surface area contributed by atoms with E-state index in [4.69, 9.17) is 16.3 Å². The van der Waals surface area contributed by atoms with Crippen molar-refractivity contribution in [1.82, 2.24) is 9.97 Å². The van der Waals surface area contributed by atoms with Crippen molar-refractivity contribution in [2.45, 2.75) is 13.8 Å². The van der Waals surface area contributed by atoms with Gasteiger partial charge in [-0.2, -0.15) is 4.98 Å². The number of anilines is 1. The van der Waals surface area contributed by atoms with Gasteiger partial charge in [-0.05, 0) is 25.5 Å². The molecule has 0 aliphatic carbocycles. The number of halogens is 2. The second-order valence-corrected chi connectivity index (χ2v) is 4.30. The second kappa shape index (κ2) is 5.84. The molecule has 1 aromatic heterocycles. The van der Waals surface area contributed by atoms with Crippen LogP contribution in [-0.4, -0.2) is 16.5 Å². The monoisotopic (exact) mass is 281 g/mol. The fraction of sp³-hybridized carbons (Fsp3) is 0.231. The van der Waals surface area contributed by atoms with Crippen molar-refractivity contribution in [2.24, 2.45) is 0 Å². The summed E-state index contributed by atoms with van der Waals surface area (Å²) in [6.45, 7) is 4.29. The molecule has 0 aliphatic heterocycles. The lowest BCUT2D eigenvalue weighted by atomic mass is 10.2. The van der Waals surface area contributed by atoms with Crippen molar-refractivity contribution in [3.63, 3.8) is 0 Å². The zero-order valence-corrected chi connectivity index (χ0v) is 11.3. The highest BCUT2D eigenvalue weighted by Gasteiger charge is 2.09. The van der Waals surface area contributed by atoms with Crippen LogP contribution in [0.1, 0.15) is 12.5 Å². The van der Waals surface area contributed by atoms with E-state index in [-0.39, 0.29) is 16.7 Å². The predicted molar refractivity (Wildman–Crippen MR) is 72.4 cm³/mol. The SMILES string of the molecule is CCNc1ncc(Cl)c(Oc2ccc(C)c(F)c2)n1. The molecule has 0 spiro atoms. The van der Waals surface area contributed by atoms with E-state index in [0.29, 0.717) is 23.8 Å². The van der Waals surface area contributed by atoms with E-state index in [1.807, 2.05) is 6.92 Å². The molecule has 1 aromatic carbocycles. The lowest BCUT2D eigenvalue weighted by Crippen LogP contribution is -2.03. The summed E-state index contributed by atoms with van der Waals surface area (Å²) in [4.78, 5) is 8.10. The zero-order chi connectivity index (χ0) is 13.8. The van der Waals surface area contributed by atoms with E-state index in [1.165, 1.54) is 12.3 Å². The van der Waals surface area contributed by atoms with Gasteiger partial charge in [-0.3, -0.25) is 0 Å². The minimum atomic E-state index is -0.338. The van der Waals surface area contributed by atoms with Crippen LogP contribution in [0.5, 0.6) is 11.6 Å². The highest BCUT2D eigenvalue weighted by atomic mass is 35.5. The molecule has 1 heterocycles. The van der Waals surface area contributed by atoms with E-state index in [0.717, 1.165) is 0 Å². The van der Waals surface area contributed by atoms with Gasteiger partial charge in [-0.1, -0.05) is 17.7 Å². The number of hydrogen-bond donors (Lipinski definition) is 1. The highest BCUT2D eigenvalue weighted by Crippen LogP contribution is 2.28. The van der Waals surface area contributed by atoms with Crippen LogP contribution < -0.4 is 10.1 Å². The summed E-state index contributed by atoms with van der Waals surface area (Å²) in [5.41, 5.74) is 0.550. The number of hydrogen-bond acceptors (Lipinski definition) is 4. The molecular weight excluding hydrogens is 269 g/mol. The molecule has 0 saturated carbocycles. The van der Waals surface area contributed by atoms with Crippen LogP contribution in [0.4, 0.5) is 10.3 Å². The third-order valence-electron chi connectivity index (χ3n) is 2.40. The predicted octanol–water partition coefficient (Wildman–Crippen LogP) is 3.80. The maximum absolute atomic E-state index is 13.4. The molecule has 0 saturated heterocycles. The summed E-state index contributed by atoms with van der Waals surface area (Å²) in [6, 6.07) is 4.58. The Balaban J connectivity index is 2.26. The molecule has 6 heteroatoms. The van der Waals surface area contributed by atoms with Crippen LogP contribution in [-0.2, 0) is 0 Å². The standard InChI is InChI=1S/C13H13ClFN3O/c1-3-16-13-17-7-10(14)12(18-13)19-9-5-4-8(2)11(15)6-9/h4-7H,3H2,1-2H3,(H,16,17,18). The number of nitrogens with one attached hydrogen (secondary N) is 1. The molecule has 0 fully saturated rings. The number of aromatic nitrogens is 2. The summed E-state index contributed by atoms with van der Waals surface area (Å²) in [5, 5.41) is 3.21. The Bertz CT molecular complexity index is 592. The Labute approximate surface area is 115 Å². The van der Waals surface area contributed by atoms with Gasteiger partial charge >= 0.3 is 0 Å². The van der Waals surface area contributed by atoms with Crippen LogP contribution in [0.25, 0.3) is 0 Å². The minimum absolute atomic E-state index is 0.191. The first-order valence-electron chi connectivity index (χ1n) is 5.80. The Morgan fingerprint density at radius 3 is 2.89 bits per heavy atom. The number of ether oxygens (including phenoxy) is 1. The molecule has 0 atom stereocenters. The van der Waals surface area contributed by atoms with Crippen molar-refractivity contribution in [2.75, 3.05) is 11.9 Å². The van der Waals surface area contributed by atoms with E-state index in [1.54, 1.807) is 19.1 Å². The minimum Gasteiger partial charge on any atom is -0.437 e. The van der Waals surface area contributed by atoms with Crippen LogP contribution in [0.3, 0.4) is 0 Å². The molecule has 0 unspecified atom stereocenters. The quantitative estimate of drug-likeness (QED) is 0.926. The van der Waals surface area contributed by atoms with Crippen LogP contribution in [0.15, 0.2) is 24.4 Å². The van der Waals surface area contributed by atoms with Gasteiger partial charge in [0.15, 0.2) is 0 Å². The zero-order valence-electron chi connectivity index (χ0n) is 10.6. The smallest absolute Gasteiger partial charge is 0.243 e. The van der Waals surface area contributed by atoms with Crippen molar-refractivity contribution in [3.05, 3.63) is 40.8 Å². The molecule has 0 radical (unpaired) electrons. The summed E-state index contributed by atoms with van der Waals surface area (Å²) in [6.07, 6.45) is 1.44. The summed E-state index contributed by atoms with van der Waals surface area (Å²) in [5.74, 6) is 0.603. The number of benzene rings is 1. The Morgan fingerprint density at radius 2 is 2.21 bits per heavy atom. The van der Waals surface area contributed by atoms with Gasteiger partial charge in [-0.25, -0.2) is 9.37 Å². The topological polar surface area (TPSA) is 47.0 Å². The summed E-state index contributed by atoms with van der Waals surface area (Å²) in [7, 11) is 0. The van der Waals surface area contributed by atoms with E-state index < -0.39 is 0 Å². The van der Waals surface area contributed by atoms with Crippen molar-refractivity contribution in [3.8, 4) is 11.6 Å². The molecule has 0 bridgehead atoms. The lowest BCUT2D eigenvalue weighted by Gasteiger charge is -2.09. The van der Waals surface area contributed by atoms with E-state index in [9.17, 15) is 4.39 Å². The number of rotatable bonds is 4. The van der Waals surface area contributed by atoms with Crippen molar-refractivity contribution < 1.29 is 9.13 Å². The van der Waals surface area contributed by atoms with Crippen LogP contribution in [0, 0.1) is 12.7 Å². The van der Waals surface area contributed by atoms with Gasteiger partial charge in [0.25, 0.3) is 0 Å². The molecule has 2 rings (SSSR count). The van der Waals surface area contributed by atoms with Gasteiger partial charge in [0.05, 0.1) is 6.20 Å². The summed E-state index contributed by atoms with van der Waals surface area (Å²) >= 11 is 5.95. The lowest BCUT2D eigenvalue weighted by molar-refractivity contribution is 0.457. The fourth-order valence-corrected chi connectivity index (χ4v) is 1.54. The molecule has 0 amide bonds. The Kier molecular flexibility index (Phi) is 4.16. The molecule has 4 nitrogen and oxygen atoms in total. The van der Waals surface area contributed by atoms with Crippen molar-refractivity contribution in [1.29, 1.82) is 0 Å². The van der Waals surface area contributed by atoms with Gasteiger partial charge in [0.2, 0.25) is 11.8 Å². The maximum atomic E-state index is 13.4. The van der Waals surface area contributed by atoms with Crippen molar-refractivity contribution >= 4 is 17.5 Å².